The SMILES string of the molecule is CCc1nc(C)c(C(=O)NCCn2c(C)n[nH]c2=S)s1. The maximum absolute atomic E-state index is 12.1. The van der Waals surface area contributed by atoms with Gasteiger partial charge in [-0.15, -0.1) is 11.3 Å². The Morgan fingerprint density at radius 3 is 2.80 bits per heavy atom. The maximum Gasteiger partial charge on any atom is 0.263 e. The lowest BCUT2D eigenvalue weighted by atomic mass is 10.3. The molecule has 1 amide bonds. The summed E-state index contributed by atoms with van der Waals surface area (Å²) in [5.74, 6) is 0.735. The van der Waals surface area contributed by atoms with Crippen molar-refractivity contribution in [3.63, 3.8) is 0 Å². The highest BCUT2D eigenvalue weighted by molar-refractivity contribution is 7.71. The summed E-state index contributed by atoms with van der Waals surface area (Å²) in [6.45, 7) is 6.87. The number of thiazole rings is 1. The Labute approximate surface area is 126 Å². The van der Waals surface area contributed by atoms with E-state index in [4.69, 9.17) is 12.2 Å². The van der Waals surface area contributed by atoms with Crippen molar-refractivity contribution in [2.75, 3.05) is 6.54 Å². The first-order valence-corrected chi connectivity index (χ1v) is 7.61. The van der Waals surface area contributed by atoms with E-state index >= 15 is 0 Å². The average molecular weight is 311 g/mol. The van der Waals surface area contributed by atoms with Crippen LogP contribution in [0.3, 0.4) is 0 Å². The second-order valence-electron chi connectivity index (χ2n) is 4.36. The van der Waals surface area contributed by atoms with Crippen molar-refractivity contribution in [1.82, 2.24) is 25.1 Å². The van der Waals surface area contributed by atoms with Crippen molar-refractivity contribution in [3.8, 4) is 0 Å². The Morgan fingerprint density at radius 1 is 1.50 bits per heavy atom. The molecular formula is C12H17N5OS2. The van der Waals surface area contributed by atoms with E-state index in [9.17, 15) is 4.79 Å². The van der Waals surface area contributed by atoms with Crippen molar-refractivity contribution in [3.05, 3.63) is 26.2 Å². The minimum absolute atomic E-state index is 0.0765. The number of rotatable bonds is 5. The van der Waals surface area contributed by atoms with Crippen LogP contribution >= 0.6 is 23.6 Å². The molecule has 0 unspecified atom stereocenters. The second kappa shape index (κ2) is 6.27. The number of hydrogen-bond donors (Lipinski definition) is 2. The van der Waals surface area contributed by atoms with Crippen molar-refractivity contribution < 1.29 is 4.79 Å². The molecule has 2 aromatic rings. The molecule has 20 heavy (non-hydrogen) atoms. The van der Waals surface area contributed by atoms with Gasteiger partial charge in [0.25, 0.3) is 5.91 Å². The standard InChI is InChI=1S/C12H17N5OS2/c1-4-9-14-7(2)10(20-9)11(18)13-5-6-17-8(3)15-16-12(17)19/h4-6H2,1-3H3,(H,13,18)(H,16,19). The van der Waals surface area contributed by atoms with Crippen LogP contribution in [0.25, 0.3) is 0 Å². The quantitative estimate of drug-likeness (QED) is 0.828. The Kier molecular flexibility index (Phi) is 4.66. The molecular weight excluding hydrogens is 294 g/mol. The van der Waals surface area contributed by atoms with Gasteiger partial charge < -0.3 is 9.88 Å². The van der Waals surface area contributed by atoms with Crippen molar-refractivity contribution in [1.29, 1.82) is 0 Å². The highest BCUT2D eigenvalue weighted by Crippen LogP contribution is 2.18. The third-order valence-corrected chi connectivity index (χ3v) is 4.53. The zero-order valence-electron chi connectivity index (χ0n) is 11.7. The number of nitrogens with zero attached hydrogens (tertiary/aromatic N) is 3. The van der Waals surface area contributed by atoms with Crippen molar-refractivity contribution in [2.24, 2.45) is 0 Å². The van der Waals surface area contributed by atoms with Gasteiger partial charge in [-0.25, -0.2) is 4.98 Å². The van der Waals surface area contributed by atoms with E-state index < -0.39 is 0 Å². The van der Waals surface area contributed by atoms with Crippen LogP contribution in [0.15, 0.2) is 0 Å². The summed E-state index contributed by atoms with van der Waals surface area (Å²) in [6, 6.07) is 0. The highest BCUT2D eigenvalue weighted by Gasteiger charge is 2.14. The zero-order valence-corrected chi connectivity index (χ0v) is 13.3. The van der Waals surface area contributed by atoms with Crippen molar-refractivity contribution >= 4 is 29.5 Å². The lowest BCUT2D eigenvalue weighted by Gasteiger charge is -2.06. The number of aryl methyl sites for hydroxylation is 3. The fraction of sp³-hybridized carbons (Fsp3) is 0.500. The van der Waals surface area contributed by atoms with Gasteiger partial charge >= 0.3 is 0 Å². The number of H-pyrrole nitrogens is 1. The van der Waals surface area contributed by atoms with Crippen LogP contribution in [-0.2, 0) is 13.0 Å². The molecule has 6 nitrogen and oxygen atoms in total. The molecule has 2 rings (SSSR count). The summed E-state index contributed by atoms with van der Waals surface area (Å²) in [7, 11) is 0. The molecule has 8 heteroatoms. The monoisotopic (exact) mass is 311 g/mol. The molecule has 108 valence electrons. The van der Waals surface area contributed by atoms with Gasteiger partial charge in [-0.3, -0.25) is 9.89 Å². The summed E-state index contributed by atoms with van der Waals surface area (Å²) in [6.07, 6.45) is 0.849. The lowest BCUT2D eigenvalue weighted by Crippen LogP contribution is -2.27. The fourth-order valence-corrected chi connectivity index (χ4v) is 3.03. The summed E-state index contributed by atoms with van der Waals surface area (Å²) < 4.78 is 2.42. The van der Waals surface area contributed by atoms with Gasteiger partial charge in [0.05, 0.1) is 10.7 Å². The van der Waals surface area contributed by atoms with E-state index in [0.717, 1.165) is 22.9 Å². The maximum atomic E-state index is 12.1. The first-order chi connectivity index (χ1) is 9.52. The van der Waals surface area contributed by atoms with Crippen LogP contribution in [0.5, 0.6) is 0 Å². The third kappa shape index (κ3) is 3.13. The first-order valence-electron chi connectivity index (χ1n) is 6.39. The van der Waals surface area contributed by atoms with Crippen LogP contribution in [0, 0.1) is 18.6 Å². The molecule has 0 saturated carbocycles. The van der Waals surface area contributed by atoms with E-state index in [1.165, 1.54) is 11.3 Å². The summed E-state index contributed by atoms with van der Waals surface area (Å²) >= 11 is 6.56. The zero-order chi connectivity index (χ0) is 14.7. The minimum atomic E-state index is -0.0765. The van der Waals surface area contributed by atoms with Gasteiger partial charge in [0.1, 0.15) is 10.7 Å². The predicted molar refractivity (Wildman–Crippen MR) is 80.7 cm³/mol. The summed E-state index contributed by atoms with van der Waals surface area (Å²) in [5, 5.41) is 10.6. The molecule has 0 fully saturated rings. The van der Waals surface area contributed by atoms with E-state index in [2.05, 4.69) is 20.5 Å². The van der Waals surface area contributed by atoms with E-state index in [1.807, 2.05) is 25.3 Å². The van der Waals surface area contributed by atoms with E-state index in [0.29, 0.717) is 22.7 Å². The Morgan fingerprint density at radius 2 is 2.25 bits per heavy atom. The van der Waals surface area contributed by atoms with Crippen LogP contribution in [-0.4, -0.2) is 32.2 Å². The smallest absolute Gasteiger partial charge is 0.263 e. The molecule has 0 aliphatic rings. The largest absolute Gasteiger partial charge is 0.349 e. The van der Waals surface area contributed by atoms with Gasteiger partial charge in [0, 0.05) is 13.1 Å². The first kappa shape index (κ1) is 14.9. The fourth-order valence-electron chi connectivity index (χ4n) is 1.84. The molecule has 2 heterocycles. The predicted octanol–water partition coefficient (Wildman–Crippen LogP) is 2.01. The summed E-state index contributed by atoms with van der Waals surface area (Å²) in [4.78, 5) is 17.1. The van der Waals surface area contributed by atoms with E-state index in [1.54, 1.807) is 0 Å². The molecule has 0 atom stereocenters. The van der Waals surface area contributed by atoms with Crippen LogP contribution in [0.1, 0.15) is 33.1 Å². The summed E-state index contributed by atoms with van der Waals surface area (Å²) in [5.41, 5.74) is 0.792. The minimum Gasteiger partial charge on any atom is -0.349 e. The number of aromatic amines is 1. The molecule has 2 aromatic heterocycles. The third-order valence-electron chi connectivity index (χ3n) is 2.92. The Bertz CT molecular complexity index is 670. The van der Waals surface area contributed by atoms with E-state index in [-0.39, 0.29) is 5.91 Å². The number of hydrogen-bond acceptors (Lipinski definition) is 5. The molecule has 2 N–H and O–H groups in total. The van der Waals surface area contributed by atoms with Gasteiger partial charge in [-0.1, -0.05) is 6.92 Å². The van der Waals surface area contributed by atoms with Crippen LogP contribution in [0.4, 0.5) is 0 Å². The van der Waals surface area contributed by atoms with Crippen LogP contribution < -0.4 is 5.32 Å². The second-order valence-corrected chi connectivity index (χ2v) is 5.83. The van der Waals surface area contributed by atoms with Gasteiger partial charge in [0.15, 0.2) is 4.77 Å². The molecule has 0 spiro atoms. The van der Waals surface area contributed by atoms with Gasteiger partial charge in [0.2, 0.25) is 0 Å². The molecule has 0 radical (unpaired) electrons. The molecule has 0 aromatic carbocycles. The average Bonchev–Trinajstić information content (AvgIpc) is 2.95. The Hall–Kier alpha value is -1.54. The van der Waals surface area contributed by atoms with Gasteiger partial charge in [-0.2, -0.15) is 5.10 Å². The topological polar surface area (TPSA) is 75.6 Å². The Balaban J connectivity index is 1.95. The number of aromatic nitrogens is 4. The number of amides is 1. The number of nitrogens with one attached hydrogen (secondary N) is 2. The lowest BCUT2D eigenvalue weighted by molar-refractivity contribution is 0.0955. The molecule has 0 saturated heterocycles. The molecule has 0 aliphatic heterocycles. The molecule has 0 bridgehead atoms. The van der Waals surface area contributed by atoms with Crippen LogP contribution in [0.2, 0.25) is 0 Å². The van der Waals surface area contributed by atoms with Gasteiger partial charge in [-0.05, 0) is 32.5 Å². The number of carbonyl (C=O) groups is 1. The number of carbonyl (C=O) groups excluding carboxylic acids is 1. The van der Waals surface area contributed by atoms with Crippen molar-refractivity contribution in [2.45, 2.75) is 33.7 Å². The normalized spacial score (nSPS) is 10.8. The highest BCUT2D eigenvalue weighted by atomic mass is 32.1. The molecule has 0 aliphatic carbocycles.